The molecule has 1 unspecified atom stereocenters. The Bertz CT molecular complexity index is 1480. The van der Waals surface area contributed by atoms with Crippen LogP contribution in [0.25, 0.3) is 11.3 Å². The molecular weight excluding hydrogens is 565 g/mol. The highest BCUT2D eigenvalue weighted by Crippen LogP contribution is 2.34. The summed E-state index contributed by atoms with van der Waals surface area (Å²) >= 11 is 14.8. The molecule has 196 valence electrons. The van der Waals surface area contributed by atoms with Gasteiger partial charge in [0.2, 0.25) is 5.91 Å². The number of thioether (sulfide) groups is 1. The van der Waals surface area contributed by atoms with Crippen molar-refractivity contribution in [2.45, 2.75) is 17.1 Å². The Kier molecular flexibility index (Phi) is 9.17. The predicted molar refractivity (Wildman–Crippen MR) is 155 cm³/mol. The lowest BCUT2D eigenvalue weighted by Crippen LogP contribution is -2.22. The molecule has 0 aliphatic heterocycles. The van der Waals surface area contributed by atoms with Crippen LogP contribution in [0.15, 0.2) is 70.9 Å². The Morgan fingerprint density at radius 3 is 2.50 bits per heavy atom. The lowest BCUT2D eigenvalue weighted by atomic mass is 10.1. The van der Waals surface area contributed by atoms with E-state index in [0.29, 0.717) is 32.9 Å². The molecule has 11 heteroatoms. The third kappa shape index (κ3) is 6.79. The van der Waals surface area contributed by atoms with E-state index in [1.54, 1.807) is 38.5 Å². The van der Waals surface area contributed by atoms with Crippen LogP contribution in [0.5, 0.6) is 11.5 Å². The summed E-state index contributed by atoms with van der Waals surface area (Å²) in [6, 6.07) is 17.5. The Balaban J connectivity index is 1.38. The first-order chi connectivity index (χ1) is 18.3. The number of nitrogens with one attached hydrogen (secondary N) is 2. The topological polar surface area (TPSA) is 89.6 Å². The number of benzene rings is 3. The van der Waals surface area contributed by atoms with Crippen LogP contribution >= 0.6 is 46.3 Å². The lowest BCUT2D eigenvalue weighted by molar-refractivity contribution is -0.115. The number of aromatic nitrogens is 1. The van der Waals surface area contributed by atoms with Gasteiger partial charge in [-0.05, 0) is 61.5 Å². The molecule has 0 spiro atoms. The molecule has 0 saturated heterocycles. The number of carbonyl (C=O) groups is 2. The summed E-state index contributed by atoms with van der Waals surface area (Å²) in [5.41, 5.74) is 2.47. The Morgan fingerprint density at radius 2 is 1.76 bits per heavy atom. The summed E-state index contributed by atoms with van der Waals surface area (Å²) in [5.74, 6) is 0.686. The summed E-state index contributed by atoms with van der Waals surface area (Å²) in [4.78, 5) is 30.9. The first-order valence-corrected chi connectivity index (χ1v) is 13.8. The number of carbonyl (C=O) groups excluding carboxylic acids is 2. The third-order valence-corrected chi connectivity index (χ3v) is 7.76. The molecule has 0 radical (unpaired) electrons. The molecule has 3 aromatic carbocycles. The zero-order chi connectivity index (χ0) is 27.2. The third-order valence-electron chi connectivity index (χ3n) is 5.36. The number of ether oxygens (including phenoxy) is 2. The average Bonchev–Trinajstić information content (AvgIpc) is 3.36. The zero-order valence-electron chi connectivity index (χ0n) is 20.6. The minimum atomic E-state index is -0.417. The average molecular weight is 589 g/mol. The van der Waals surface area contributed by atoms with Gasteiger partial charge in [0.15, 0.2) is 16.6 Å². The summed E-state index contributed by atoms with van der Waals surface area (Å²) in [6.07, 6.45) is 0. The molecule has 7 nitrogen and oxygen atoms in total. The summed E-state index contributed by atoms with van der Waals surface area (Å²) in [6.45, 7) is 1.81. The molecule has 0 aliphatic rings. The second-order valence-corrected chi connectivity index (χ2v) is 11.1. The molecule has 1 atom stereocenters. The van der Waals surface area contributed by atoms with Gasteiger partial charge < -0.3 is 20.1 Å². The minimum absolute atomic E-state index is 0.189. The van der Waals surface area contributed by atoms with Crippen LogP contribution in [0.2, 0.25) is 10.0 Å². The Morgan fingerprint density at radius 1 is 0.974 bits per heavy atom. The normalized spacial score (nSPS) is 11.5. The van der Waals surface area contributed by atoms with Crippen molar-refractivity contribution in [3.05, 3.63) is 81.7 Å². The summed E-state index contributed by atoms with van der Waals surface area (Å²) < 4.78 is 10.6. The summed E-state index contributed by atoms with van der Waals surface area (Å²) in [5, 5.41) is 8.37. The van der Waals surface area contributed by atoms with E-state index in [4.69, 9.17) is 32.7 Å². The Labute approximate surface area is 238 Å². The van der Waals surface area contributed by atoms with Crippen molar-refractivity contribution in [3.63, 3.8) is 0 Å². The van der Waals surface area contributed by atoms with E-state index in [9.17, 15) is 9.59 Å². The van der Waals surface area contributed by atoms with Crippen LogP contribution in [-0.2, 0) is 4.79 Å². The number of anilines is 2. The highest BCUT2D eigenvalue weighted by molar-refractivity contribution is 8.00. The Hall–Kier alpha value is -3.24. The highest BCUT2D eigenvalue weighted by atomic mass is 35.5. The first kappa shape index (κ1) is 27.8. The van der Waals surface area contributed by atoms with Gasteiger partial charge in [0.1, 0.15) is 0 Å². The molecule has 2 N–H and O–H groups in total. The zero-order valence-corrected chi connectivity index (χ0v) is 23.7. The van der Waals surface area contributed by atoms with Gasteiger partial charge in [0.25, 0.3) is 5.91 Å². The SMILES string of the molecule is COc1ccc(-c2csc(NC(=O)C(C)Sc3cccc(NC(=O)c4ccc(Cl)cc4Cl)c3)n2)cc1OC. The van der Waals surface area contributed by atoms with Gasteiger partial charge in [-0.25, -0.2) is 4.98 Å². The lowest BCUT2D eigenvalue weighted by Gasteiger charge is -2.12. The molecule has 4 aromatic rings. The first-order valence-electron chi connectivity index (χ1n) is 11.3. The van der Waals surface area contributed by atoms with Gasteiger partial charge in [-0.2, -0.15) is 0 Å². The van der Waals surface area contributed by atoms with Crippen molar-refractivity contribution in [2.24, 2.45) is 0 Å². The van der Waals surface area contributed by atoms with Gasteiger partial charge in [-0.1, -0.05) is 29.3 Å². The standard InChI is InChI=1S/C27H23Cl2N3O4S2/c1-15(25(33)32-27-31-22(14-37-27)16-7-10-23(35-2)24(11-16)36-3)38-19-6-4-5-18(13-19)30-26(34)20-9-8-17(28)12-21(20)29/h4-15H,1-3H3,(H,30,34)(H,31,32,33). The van der Waals surface area contributed by atoms with E-state index >= 15 is 0 Å². The minimum Gasteiger partial charge on any atom is -0.493 e. The molecular formula is C27H23Cl2N3O4S2. The maximum absolute atomic E-state index is 12.9. The van der Waals surface area contributed by atoms with E-state index in [0.717, 1.165) is 16.2 Å². The second kappa shape index (κ2) is 12.5. The number of hydrogen-bond donors (Lipinski definition) is 2. The van der Waals surface area contributed by atoms with E-state index in [1.807, 2.05) is 42.6 Å². The molecule has 0 bridgehead atoms. The van der Waals surface area contributed by atoms with Crippen LogP contribution < -0.4 is 20.1 Å². The molecule has 38 heavy (non-hydrogen) atoms. The van der Waals surface area contributed by atoms with Crippen LogP contribution in [0, 0.1) is 0 Å². The largest absolute Gasteiger partial charge is 0.493 e. The summed E-state index contributed by atoms with van der Waals surface area (Å²) in [7, 11) is 3.16. The number of halogens is 2. The maximum Gasteiger partial charge on any atom is 0.257 e. The van der Waals surface area contributed by atoms with Crippen molar-refractivity contribution in [1.29, 1.82) is 0 Å². The van der Waals surface area contributed by atoms with Crippen LogP contribution in [-0.4, -0.2) is 36.3 Å². The van der Waals surface area contributed by atoms with E-state index in [1.165, 1.54) is 29.2 Å². The van der Waals surface area contributed by atoms with Crippen molar-refractivity contribution in [2.75, 3.05) is 24.9 Å². The van der Waals surface area contributed by atoms with Crippen molar-refractivity contribution >= 4 is 68.9 Å². The number of rotatable bonds is 9. The molecule has 0 fully saturated rings. The van der Waals surface area contributed by atoms with Crippen LogP contribution in [0.4, 0.5) is 10.8 Å². The second-order valence-electron chi connectivity index (χ2n) is 7.96. The van der Waals surface area contributed by atoms with Crippen molar-refractivity contribution < 1.29 is 19.1 Å². The van der Waals surface area contributed by atoms with Crippen molar-refractivity contribution in [3.8, 4) is 22.8 Å². The number of hydrogen-bond acceptors (Lipinski definition) is 7. The number of nitrogens with zero attached hydrogens (tertiary/aromatic N) is 1. The van der Waals surface area contributed by atoms with E-state index in [2.05, 4.69) is 15.6 Å². The molecule has 1 heterocycles. The molecule has 2 amide bonds. The van der Waals surface area contributed by atoms with E-state index < -0.39 is 5.25 Å². The molecule has 1 aromatic heterocycles. The predicted octanol–water partition coefficient (Wildman–Crippen LogP) is 7.51. The molecule has 0 aliphatic carbocycles. The van der Waals surface area contributed by atoms with Gasteiger partial charge in [0.05, 0.1) is 35.7 Å². The highest BCUT2D eigenvalue weighted by Gasteiger charge is 2.18. The molecule has 0 saturated carbocycles. The van der Waals surface area contributed by atoms with Gasteiger partial charge >= 0.3 is 0 Å². The smallest absolute Gasteiger partial charge is 0.257 e. The van der Waals surface area contributed by atoms with Gasteiger partial charge in [-0.15, -0.1) is 23.1 Å². The number of amides is 2. The number of methoxy groups -OCH3 is 2. The number of thiazole rings is 1. The van der Waals surface area contributed by atoms with Gasteiger partial charge in [-0.3, -0.25) is 9.59 Å². The fourth-order valence-electron chi connectivity index (χ4n) is 3.44. The monoisotopic (exact) mass is 587 g/mol. The van der Waals surface area contributed by atoms with Crippen molar-refractivity contribution in [1.82, 2.24) is 4.98 Å². The van der Waals surface area contributed by atoms with Gasteiger partial charge in [0, 0.05) is 26.5 Å². The van der Waals surface area contributed by atoms with E-state index in [-0.39, 0.29) is 16.8 Å². The van der Waals surface area contributed by atoms with Crippen LogP contribution in [0.3, 0.4) is 0 Å². The fraction of sp³-hybridized carbons (Fsp3) is 0.148. The molecule has 4 rings (SSSR count). The quantitative estimate of drug-likeness (QED) is 0.197. The fourth-order valence-corrected chi connectivity index (χ4v) is 5.59. The maximum atomic E-state index is 12.9. The van der Waals surface area contributed by atoms with Crippen LogP contribution in [0.1, 0.15) is 17.3 Å².